The fourth-order valence-electron chi connectivity index (χ4n) is 1.17. The van der Waals surface area contributed by atoms with Crippen molar-refractivity contribution in [2.75, 3.05) is 19.8 Å². The highest BCUT2D eigenvalue weighted by Crippen LogP contribution is 2.02. The van der Waals surface area contributed by atoms with Gasteiger partial charge in [-0.3, -0.25) is 4.79 Å². The lowest BCUT2D eigenvalue weighted by Gasteiger charge is -2.14. The summed E-state index contributed by atoms with van der Waals surface area (Å²) < 4.78 is 5.31. The van der Waals surface area contributed by atoms with Gasteiger partial charge in [-0.1, -0.05) is 20.8 Å². The molecule has 0 aromatic carbocycles. The summed E-state index contributed by atoms with van der Waals surface area (Å²) in [4.78, 5) is 11.4. The Morgan fingerprint density at radius 3 is 2.62 bits per heavy atom. The maximum Gasteiger partial charge on any atom is 0.221 e. The number of ether oxygens (including phenoxy) is 1. The van der Waals surface area contributed by atoms with Crippen molar-refractivity contribution in [3.05, 3.63) is 0 Å². The van der Waals surface area contributed by atoms with E-state index in [1.165, 1.54) is 0 Å². The van der Waals surface area contributed by atoms with E-state index in [1.54, 1.807) is 0 Å². The van der Waals surface area contributed by atoms with E-state index in [4.69, 9.17) is 10.5 Å². The number of amides is 1. The minimum Gasteiger partial charge on any atom is -0.381 e. The lowest BCUT2D eigenvalue weighted by molar-refractivity contribution is -0.121. The van der Waals surface area contributed by atoms with Gasteiger partial charge in [-0.2, -0.15) is 0 Å². The summed E-state index contributed by atoms with van der Waals surface area (Å²) >= 11 is 0. The molecule has 0 aliphatic rings. The van der Waals surface area contributed by atoms with Crippen LogP contribution in [0.3, 0.4) is 0 Å². The molecule has 0 aromatic heterocycles. The third kappa shape index (κ3) is 8.68. The molecule has 16 heavy (non-hydrogen) atoms. The van der Waals surface area contributed by atoms with Crippen LogP contribution in [0.5, 0.6) is 0 Å². The number of nitrogens with two attached hydrogens (primary N) is 1. The Balaban J connectivity index is 3.37. The predicted octanol–water partition coefficient (Wildman–Crippen LogP) is 1.29. The molecule has 0 spiro atoms. The summed E-state index contributed by atoms with van der Waals surface area (Å²) in [6.45, 7) is 8.31. The summed E-state index contributed by atoms with van der Waals surface area (Å²) in [5, 5.41) is 2.85. The van der Waals surface area contributed by atoms with Crippen LogP contribution in [0.25, 0.3) is 0 Å². The van der Waals surface area contributed by atoms with E-state index in [9.17, 15) is 4.79 Å². The zero-order chi connectivity index (χ0) is 12.4. The molecule has 0 aliphatic carbocycles. The molecule has 1 atom stereocenters. The number of carbonyl (C=O) groups excluding carboxylic acids is 1. The molecule has 0 aliphatic heterocycles. The molecule has 0 aromatic rings. The Hall–Kier alpha value is -0.610. The smallest absolute Gasteiger partial charge is 0.221 e. The van der Waals surface area contributed by atoms with E-state index in [0.717, 1.165) is 19.4 Å². The van der Waals surface area contributed by atoms with E-state index in [-0.39, 0.29) is 11.9 Å². The van der Waals surface area contributed by atoms with Crippen molar-refractivity contribution in [3.63, 3.8) is 0 Å². The summed E-state index contributed by atoms with van der Waals surface area (Å²) in [7, 11) is 0. The first-order chi connectivity index (χ1) is 7.57. The van der Waals surface area contributed by atoms with Gasteiger partial charge in [0.05, 0.1) is 0 Å². The quantitative estimate of drug-likeness (QED) is 0.587. The van der Waals surface area contributed by atoms with Gasteiger partial charge in [-0.05, 0) is 18.8 Å². The molecule has 1 unspecified atom stereocenters. The first-order valence-electron chi connectivity index (χ1n) is 6.18. The third-order valence-electron chi connectivity index (χ3n) is 2.41. The minimum atomic E-state index is -0.0451. The van der Waals surface area contributed by atoms with E-state index < -0.39 is 0 Å². The molecule has 4 heteroatoms. The molecule has 0 saturated carbocycles. The second kappa shape index (κ2) is 9.60. The maximum absolute atomic E-state index is 11.4. The monoisotopic (exact) mass is 230 g/mol. The van der Waals surface area contributed by atoms with Crippen molar-refractivity contribution in [1.29, 1.82) is 0 Å². The highest BCUT2D eigenvalue weighted by atomic mass is 16.5. The van der Waals surface area contributed by atoms with Crippen LogP contribution >= 0.6 is 0 Å². The summed E-state index contributed by atoms with van der Waals surface area (Å²) in [6.07, 6.45) is 2.31. The van der Waals surface area contributed by atoms with Gasteiger partial charge >= 0.3 is 0 Å². The highest BCUT2D eigenvalue weighted by Gasteiger charge is 2.11. The van der Waals surface area contributed by atoms with Crippen molar-refractivity contribution in [2.45, 2.75) is 46.1 Å². The zero-order valence-electron chi connectivity index (χ0n) is 10.8. The first-order valence-corrected chi connectivity index (χ1v) is 6.18. The van der Waals surface area contributed by atoms with E-state index in [1.807, 2.05) is 13.8 Å². The van der Waals surface area contributed by atoms with E-state index in [0.29, 0.717) is 25.5 Å². The van der Waals surface area contributed by atoms with Crippen LogP contribution in [0.15, 0.2) is 0 Å². The van der Waals surface area contributed by atoms with Crippen LogP contribution in [-0.4, -0.2) is 31.7 Å². The second-order valence-corrected chi connectivity index (χ2v) is 4.43. The Labute approximate surface area is 98.9 Å². The third-order valence-corrected chi connectivity index (χ3v) is 2.41. The maximum atomic E-state index is 11.4. The normalized spacial score (nSPS) is 12.8. The van der Waals surface area contributed by atoms with Crippen LogP contribution in [-0.2, 0) is 9.53 Å². The van der Waals surface area contributed by atoms with Gasteiger partial charge in [0.25, 0.3) is 0 Å². The fraction of sp³-hybridized carbons (Fsp3) is 0.917. The van der Waals surface area contributed by atoms with Gasteiger partial charge in [0.15, 0.2) is 0 Å². The average molecular weight is 230 g/mol. The van der Waals surface area contributed by atoms with Crippen molar-refractivity contribution in [2.24, 2.45) is 11.7 Å². The van der Waals surface area contributed by atoms with E-state index in [2.05, 4.69) is 12.2 Å². The SMILES string of the molecule is CCCOCCCNC(=O)CC(N)C(C)C. The van der Waals surface area contributed by atoms with Gasteiger partial charge in [0.2, 0.25) is 5.91 Å². The molecule has 0 heterocycles. The fourth-order valence-corrected chi connectivity index (χ4v) is 1.17. The highest BCUT2D eigenvalue weighted by molar-refractivity contribution is 5.76. The van der Waals surface area contributed by atoms with Crippen LogP contribution in [0.1, 0.15) is 40.0 Å². The summed E-state index contributed by atoms with van der Waals surface area (Å²) in [6, 6.07) is -0.0451. The molecule has 1 amide bonds. The Morgan fingerprint density at radius 1 is 1.38 bits per heavy atom. The van der Waals surface area contributed by atoms with Crippen LogP contribution in [0, 0.1) is 5.92 Å². The molecular formula is C12H26N2O2. The zero-order valence-corrected chi connectivity index (χ0v) is 10.8. The number of hydrogen-bond donors (Lipinski definition) is 2. The second-order valence-electron chi connectivity index (χ2n) is 4.43. The Kier molecular flexibility index (Phi) is 9.24. The van der Waals surface area contributed by atoms with Crippen molar-refractivity contribution < 1.29 is 9.53 Å². The van der Waals surface area contributed by atoms with Gasteiger partial charge < -0.3 is 15.8 Å². The van der Waals surface area contributed by atoms with Gasteiger partial charge in [-0.25, -0.2) is 0 Å². The number of hydrogen-bond acceptors (Lipinski definition) is 3. The van der Waals surface area contributed by atoms with Gasteiger partial charge in [0.1, 0.15) is 0 Å². The number of carbonyl (C=O) groups is 1. The molecular weight excluding hydrogens is 204 g/mol. The van der Waals surface area contributed by atoms with Crippen molar-refractivity contribution in [1.82, 2.24) is 5.32 Å². The average Bonchev–Trinajstić information content (AvgIpc) is 2.23. The Morgan fingerprint density at radius 2 is 2.06 bits per heavy atom. The summed E-state index contributed by atoms with van der Waals surface area (Å²) in [5.74, 6) is 0.385. The largest absolute Gasteiger partial charge is 0.381 e. The van der Waals surface area contributed by atoms with Gasteiger partial charge in [-0.15, -0.1) is 0 Å². The molecule has 3 N–H and O–H groups in total. The lowest BCUT2D eigenvalue weighted by Crippen LogP contribution is -2.35. The van der Waals surface area contributed by atoms with Crippen LogP contribution < -0.4 is 11.1 Å². The molecule has 0 fully saturated rings. The Bertz CT molecular complexity index is 184. The van der Waals surface area contributed by atoms with Crippen LogP contribution in [0.2, 0.25) is 0 Å². The summed E-state index contributed by atoms with van der Waals surface area (Å²) in [5.41, 5.74) is 5.80. The standard InChI is InChI=1S/C12H26N2O2/c1-4-7-16-8-5-6-14-12(15)9-11(13)10(2)3/h10-11H,4-9,13H2,1-3H3,(H,14,15). The number of rotatable bonds is 9. The lowest BCUT2D eigenvalue weighted by atomic mass is 10.0. The molecule has 0 radical (unpaired) electrons. The molecule has 0 saturated heterocycles. The van der Waals surface area contributed by atoms with Crippen LogP contribution in [0.4, 0.5) is 0 Å². The van der Waals surface area contributed by atoms with E-state index >= 15 is 0 Å². The molecule has 4 nitrogen and oxygen atoms in total. The van der Waals surface area contributed by atoms with Crippen molar-refractivity contribution in [3.8, 4) is 0 Å². The first kappa shape index (κ1) is 15.4. The predicted molar refractivity (Wildman–Crippen MR) is 66.2 cm³/mol. The molecule has 0 rings (SSSR count). The molecule has 96 valence electrons. The van der Waals surface area contributed by atoms with Crippen molar-refractivity contribution >= 4 is 5.91 Å². The minimum absolute atomic E-state index is 0.0386. The van der Waals surface area contributed by atoms with Gasteiger partial charge in [0, 0.05) is 32.2 Å². The molecule has 0 bridgehead atoms. The topological polar surface area (TPSA) is 64.3 Å². The number of nitrogens with one attached hydrogen (secondary N) is 1.